The van der Waals surface area contributed by atoms with E-state index in [1.54, 1.807) is 11.5 Å². The number of nitrogens with one attached hydrogen (secondary N) is 1. The molecule has 4 nitrogen and oxygen atoms in total. The average Bonchev–Trinajstić information content (AvgIpc) is 2.64. The topological polar surface area (TPSA) is 42.7 Å². The van der Waals surface area contributed by atoms with Crippen LogP contribution in [0.1, 0.15) is 23.1 Å². The zero-order valence-corrected chi connectivity index (χ0v) is 10.5. The third kappa shape index (κ3) is 2.12. The average molecular weight is 264 g/mol. The highest BCUT2D eigenvalue weighted by Gasteiger charge is 2.26. The number of aromatic nitrogens is 3. The summed E-state index contributed by atoms with van der Waals surface area (Å²) < 4.78 is 29.2. The van der Waals surface area contributed by atoms with Crippen molar-refractivity contribution in [2.24, 2.45) is 0 Å². The summed E-state index contributed by atoms with van der Waals surface area (Å²) >= 11 is 0. The summed E-state index contributed by atoms with van der Waals surface area (Å²) in [4.78, 5) is 0. The molecule has 0 unspecified atom stereocenters. The Kier molecular flexibility index (Phi) is 3.02. The minimum absolute atomic E-state index is 0.0546. The van der Waals surface area contributed by atoms with E-state index < -0.39 is 11.6 Å². The van der Waals surface area contributed by atoms with Crippen molar-refractivity contribution in [1.82, 2.24) is 20.1 Å². The Morgan fingerprint density at radius 2 is 1.95 bits per heavy atom. The zero-order valence-electron chi connectivity index (χ0n) is 10.5. The highest BCUT2D eigenvalue weighted by atomic mass is 19.1. The Labute approximate surface area is 109 Å². The lowest BCUT2D eigenvalue weighted by Gasteiger charge is -2.26. The first kappa shape index (κ1) is 12.2. The fourth-order valence-corrected chi connectivity index (χ4v) is 2.21. The third-order valence-electron chi connectivity index (χ3n) is 3.49. The van der Waals surface area contributed by atoms with Gasteiger partial charge in [-0.3, -0.25) is 0 Å². The Hall–Kier alpha value is -1.82. The largest absolute Gasteiger partial charge is 0.315 e. The first-order valence-electron chi connectivity index (χ1n) is 6.20. The van der Waals surface area contributed by atoms with Gasteiger partial charge in [-0.2, -0.15) is 0 Å². The number of benzene rings is 1. The van der Waals surface area contributed by atoms with Crippen LogP contribution in [-0.4, -0.2) is 27.9 Å². The number of hydrogen-bond donors (Lipinski definition) is 1. The minimum atomic E-state index is -0.536. The second-order valence-electron chi connectivity index (χ2n) is 4.75. The molecule has 0 aliphatic carbocycles. The van der Waals surface area contributed by atoms with E-state index in [2.05, 4.69) is 15.5 Å². The lowest BCUT2D eigenvalue weighted by molar-refractivity contribution is 0.413. The van der Waals surface area contributed by atoms with E-state index in [1.807, 2.05) is 0 Å². The van der Waals surface area contributed by atoms with Crippen molar-refractivity contribution in [2.45, 2.75) is 19.4 Å². The van der Waals surface area contributed by atoms with Gasteiger partial charge in [-0.1, -0.05) is 6.07 Å². The molecule has 1 fully saturated rings. The number of aryl methyl sites for hydroxylation is 1. The summed E-state index contributed by atoms with van der Waals surface area (Å²) in [5.74, 6) is 0.663. The molecule has 3 rings (SSSR count). The molecule has 1 aromatic carbocycles. The first-order valence-corrected chi connectivity index (χ1v) is 6.20. The maximum Gasteiger partial charge on any atom is 0.139 e. The SMILES string of the molecule is Cc1nnc(C2CNC2)n1Cc1c(F)cccc1F. The van der Waals surface area contributed by atoms with Crippen molar-refractivity contribution in [3.63, 3.8) is 0 Å². The Morgan fingerprint density at radius 1 is 1.26 bits per heavy atom. The fourth-order valence-electron chi connectivity index (χ4n) is 2.21. The molecular weight excluding hydrogens is 250 g/mol. The van der Waals surface area contributed by atoms with E-state index in [9.17, 15) is 8.78 Å². The van der Waals surface area contributed by atoms with Crippen LogP contribution in [0.25, 0.3) is 0 Å². The smallest absolute Gasteiger partial charge is 0.139 e. The molecule has 0 radical (unpaired) electrons. The van der Waals surface area contributed by atoms with E-state index in [0.717, 1.165) is 18.9 Å². The summed E-state index contributed by atoms with van der Waals surface area (Å²) in [5, 5.41) is 11.3. The van der Waals surface area contributed by atoms with Gasteiger partial charge in [0.1, 0.15) is 23.3 Å². The van der Waals surface area contributed by atoms with E-state index in [-0.39, 0.29) is 18.0 Å². The first-order chi connectivity index (χ1) is 9.16. The van der Waals surface area contributed by atoms with Crippen molar-refractivity contribution in [3.05, 3.63) is 47.0 Å². The molecule has 2 aromatic rings. The van der Waals surface area contributed by atoms with Crippen molar-refractivity contribution in [3.8, 4) is 0 Å². The van der Waals surface area contributed by atoms with Gasteiger partial charge in [0.25, 0.3) is 0 Å². The zero-order chi connectivity index (χ0) is 13.4. The van der Waals surface area contributed by atoms with Gasteiger partial charge in [0.15, 0.2) is 0 Å². The second kappa shape index (κ2) is 4.70. The molecule has 0 spiro atoms. The summed E-state index contributed by atoms with van der Waals surface area (Å²) in [5.41, 5.74) is 0.0546. The molecule has 6 heteroatoms. The molecule has 1 saturated heterocycles. The number of halogens is 2. The number of nitrogens with zero attached hydrogens (tertiary/aromatic N) is 3. The van der Waals surface area contributed by atoms with Crippen LogP contribution in [0.15, 0.2) is 18.2 Å². The molecule has 1 N–H and O–H groups in total. The Bertz CT molecular complexity index is 584. The van der Waals surface area contributed by atoms with Crippen LogP contribution in [0.5, 0.6) is 0 Å². The predicted octanol–water partition coefficient (Wildman–Crippen LogP) is 1.60. The van der Waals surface area contributed by atoms with Gasteiger partial charge >= 0.3 is 0 Å². The standard InChI is InChI=1S/C13H14F2N4/c1-8-17-18-13(9-5-16-6-9)19(8)7-10-11(14)3-2-4-12(10)15/h2-4,9,16H,5-7H2,1H3. The monoisotopic (exact) mass is 264 g/mol. The van der Waals surface area contributed by atoms with Crippen molar-refractivity contribution in [1.29, 1.82) is 0 Å². The van der Waals surface area contributed by atoms with Crippen molar-refractivity contribution < 1.29 is 8.78 Å². The second-order valence-corrected chi connectivity index (χ2v) is 4.75. The molecule has 0 atom stereocenters. The van der Waals surface area contributed by atoms with Crippen molar-refractivity contribution in [2.75, 3.05) is 13.1 Å². The van der Waals surface area contributed by atoms with E-state index >= 15 is 0 Å². The van der Waals surface area contributed by atoms with Crippen LogP contribution in [0.4, 0.5) is 8.78 Å². The Morgan fingerprint density at radius 3 is 2.53 bits per heavy atom. The van der Waals surface area contributed by atoms with Crippen LogP contribution in [0.3, 0.4) is 0 Å². The molecule has 19 heavy (non-hydrogen) atoms. The van der Waals surface area contributed by atoms with Crippen LogP contribution in [0, 0.1) is 18.6 Å². The van der Waals surface area contributed by atoms with Gasteiger partial charge < -0.3 is 9.88 Å². The van der Waals surface area contributed by atoms with Gasteiger partial charge in [-0.25, -0.2) is 8.78 Å². The molecule has 0 amide bonds. The fraction of sp³-hybridized carbons (Fsp3) is 0.385. The summed E-state index contributed by atoms with van der Waals surface area (Å²) in [6.07, 6.45) is 0. The predicted molar refractivity (Wildman–Crippen MR) is 65.8 cm³/mol. The molecule has 1 aliphatic rings. The lowest BCUT2D eigenvalue weighted by Crippen LogP contribution is -2.41. The summed E-state index contributed by atoms with van der Waals surface area (Å²) in [6.45, 7) is 3.58. The molecule has 0 saturated carbocycles. The van der Waals surface area contributed by atoms with Crippen LogP contribution < -0.4 is 5.32 Å². The summed E-state index contributed by atoms with van der Waals surface area (Å²) in [7, 11) is 0. The van der Waals surface area contributed by atoms with E-state index in [4.69, 9.17) is 0 Å². The minimum Gasteiger partial charge on any atom is -0.315 e. The molecular formula is C13H14F2N4. The van der Waals surface area contributed by atoms with Gasteiger partial charge in [0, 0.05) is 24.6 Å². The molecule has 1 aromatic heterocycles. The number of hydrogen-bond acceptors (Lipinski definition) is 3. The number of rotatable bonds is 3. The normalized spacial score (nSPS) is 15.5. The molecule has 0 bridgehead atoms. The van der Waals surface area contributed by atoms with E-state index in [1.165, 1.54) is 18.2 Å². The maximum atomic E-state index is 13.7. The third-order valence-corrected chi connectivity index (χ3v) is 3.49. The van der Waals surface area contributed by atoms with Gasteiger partial charge in [0.05, 0.1) is 6.54 Å². The van der Waals surface area contributed by atoms with Crippen LogP contribution >= 0.6 is 0 Å². The molecule has 1 aliphatic heterocycles. The van der Waals surface area contributed by atoms with Crippen LogP contribution in [0.2, 0.25) is 0 Å². The van der Waals surface area contributed by atoms with Crippen LogP contribution in [-0.2, 0) is 6.54 Å². The molecule has 2 heterocycles. The lowest BCUT2D eigenvalue weighted by atomic mass is 10.0. The Balaban J connectivity index is 1.96. The van der Waals surface area contributed by atoms with Gasteiger partial charge in [-0.05, 0) is 19.1 Å². The maximum absolute atomic E-state index is 13.7. The quantitative estimate of drug-likeness (QED) is 0.915. The highest BCUT2D eigenvalue weighted by Crippen LogP contribution is 2.21. The molecule has 100 valence electrons. The van der Waals surface area contributed by atoms with Crippen molar-refractivity contribution >= 4 is 0 Å². The highest BCUT2D eigenvalue weighted by molar-refractivity contribution is 5.21. The van der Waals surface area contributed by atoms with Gasteiger partial charge in [-0.15, -0.1) is 10.2 Å². The van der Waals surface area contributed by atoms with Gasteiger partial charge in [0.2, 0.25) is 0 Å². The van der Waals surface area contributed by atoms with E-state index in [0.29, 0.717) is 5.82 Å². The summed E-state index contributed by atoms with van der Waals surface area (Å²) in [6, 6.07) is 3.90.